The molecule has 0 saturated heterocycles. The number of rotatable bonds is 0. The molecule has 0 unspecified atom stereocenters. The highest BCUT2D eigenvalue weighted by molar-refractivity contribution is 4.72. The van der Waals surface area contributed by atoms with Gasteiger partial charge in [0.15, 0.2) is 0 Å². The maximum atomic E-state index is 13.4. The third kappa shape index (κ3) is 18.6. The van der Waals surface area contributed by atoms with E-state index in [1.54, 1.807) is 0 Å². The number of alkyl halides is 8. The van der Waals surface area contributed by atoms with E-state index < -0.39 is 23.7 Å². The minimum atomic E-state index is -2.65. The molecule has 0 aliphatic heterocycles. The van der Waals surface area contributed by atoms with E-state index in [2.05, 4.69) is 0 Å². The van der Waals surface area contributed by atoms with Gasteiger partial charge in [-0.1, -0.05) is 51.4 Å². The van der Waals surface area contributed by atoms with Gasteiger partial charge in [0.05, 0.1) is 0 Å². The van der Waals surface area contributed by atoms with Crippen LogP contribution < -0.4 is 0 Å². The third-order valence-corrected chi connectivity index (χ3v) is 7.34. The molecule has 2 rings (SSSR count). The van der Waals surface area contributed by atoms with E-state index in [0.717, 1.165) is 51.4 Å². The molecule has 8 heteroatoms. The van der Waals surface area contributed by atoms with Gasteiger partial charge in [0.2, 0.25) is 23.7 Å². The van der Waals surface area contributed by atoms with Crippen molar-refractivity contribution in [2.45, 2.75) is 178 Å². The third-order valence-electron chi connectivity index (χ3n) is 7.34. The minimum absolute atomic E-state index is 0.0800. The van der Waals surface area contributed by atoms with Crippen molar-refractivity contribution in [3.8, 4) is 0 Å². The Morgan fingerprint density at radius 3 is 0.472 bits per heavy atom. The van der Waals surface area contributed by atoms with Crippen molar-refractivity contribution in [2.75, 3.05) is 0 Å². The smallest absolute Gasteiger partial charge is 0.207 e. The first kappa shape index (κ1) is 33.5. The molecular formula is C28H48F8. The molecule has 0 bridgehead atoms. The lowest BCUT2D eigenvalue weighted by atomic mass is 9.97. The Kier molecular flexibility index (Phi) is 15.9. The van der Waals surface area contributed by atoms with Gasteiger partial charge in [0, 0.05) is 51.4 Å². The van der Waals surface area contributed by atoms with Gasteiger partial charge in [0.25, 0.3) is 0 Å². The Labute approximate surface area is 213 Å². The second-order valence-corrected chi connectivity index (χ2v) is 11.1. The van der Waals surface area contributed by atoms with Gasteiger partial charge in [0.1, 0.15) is 0 Å². The molecule has 2 aliphatic carbocycles. The largest absolute Gasteiger partial charge is 0.248 e. The van der Waals surface area contributed by atoms with Crippen LogP contribution in [0.3, 0.4) is 0 Å². The van der Waals surface area contributed by atoms with E-state index in [1.807, 2.05) is 0 Å². The van der Waals surface area contributed by atoms with Crippen LogP contribution >= 0.6 is 0 Å². The first-order valence-electron chi connectivity index (χ1n) is 14.3. The van der Waals surface area contributed by atoms with Gasteiger partial charge in [-0.15, -0.1) is 0 Å². The summed E-state index contributed by atoms with van der Waals surface area (Å²) in [6.07, 6.45) is 8.58. The van der Waals surface area contributed by atoms with Gasteiger partial charge in [-0.3, -0.25) is 0 Å². The lowest BCUT2D eigenvalue weighted by molar-refractivity contribution is -0.0352. The zero-order chi connectivity index (χ0) is 27.0. The maximum absolute atomic E-state index is 13.4. The first-order valence-corrected chi connectivity index (χ1v) is 14.3. The monoisotopic (exact) mass is 536 g/mol. The van der Waals surface area contributed by atoms with Crippen LogP contribution in [-0.2, 0) is 0 Å². The van der Waals surface area contributed by atoms with Gasteiger partial charge < -0.3 is 0 Å². The van der Waals surface area contributed by atoms with Crippen molar-refractivity contribution in [3.63, 3.8) is 0 Å². The maximum Gasteiger partial charge on any atom is 0.248 e. The number of hydrogen-bond acceptors (Lipinski definition) is 0. The van der Waals surface area contributed by atoms with E-state index in [1.165, 1.54) is 0 Å². The molecule has 216 valence electrons. The van der Waals surface area contributed by atoms with Crippen LogP contribution in [0.2, 0.25) is 0 Å². The average Bonchev–Trinajstić information content (AvgIpc) is 2.77. The zero-order valence-electron chi connectivity index (χ0n) is 22.0. The predicted molar refractivity (Wildman–Crippen MR) is 131 cm³/mol. The fraction of sp³-hybridized carbons (Fsp3) is 1.00. The summed E-state index contributed by atoms with van der Waals surface area (Å²) in [6, 6.07) is 0. The molecule has 0 aromatic heterocycles. The van der Waals surface area contributed by atoms with Crippen LogP contribution in [0.15, 0.2) is 0 Å². The Hall–Kier alpha value is -0.560. The van der Waals surface area contributed by atoms with Gasteiger partial charge in [-0.05, 0) is 51.4 Å². The zero-order valence-corrected chi connectivity index (χ0v) is 22.0. The van der Waals surface area contributed by atoms with Crippen LogP contribution in [0.4, 0.5) is 35.1 Å². The molecule has 0 aromatic carbocycles. The summed E-state index contributed by atoms with van der Waals surface area (Å²) in [5.41, 5.74) is 0. The Bertz CT molecular complexity index is 452. The van der Waals surface area contributed by atoms with Crippen LogP contribution in [0.1, 0.15) is 154 Å². The molecule has 0 heterocycles. The van der Waals surface area contributed by atoms with E-state index in [4.69, 9.17) is 0 Å². The van der Waals surface area contributed by atoms with Crippen LogP contribution in [0.25, 0.3) is 0 Å². The average molecular weight is 537 g/mol. The molecule has 2 aliphatic rings. The van der Waals surface area contributed by atoms with E-state index in [9.17, 15) is 35.1 Å². The van der Waals surface area contributed by atoms with Gasteiger partial charge in [-0.2, -0.15) is 0 Å². The summed E-state index contributed by atoms with van der Waals surface area (Å²) in [5, 5.41) is 0. The summed E-state index contributed by atoms with van der Waals surface area (Å²) in [7, 11) is 0. The highest BCUT2D eigenvalue weighted by Crippen LogP contribution is 2.34. The summed E-state index contributed by atoms with van der Waals surface area (Å²) in [6.45, 7) is 0. The van der Waals surface area contributed by atoms with Crippen molar-refractivity contribution in [3.05, 3.63) is 0 Å². The second kappa shape index (κ2) is 17.1. The van der Waals surface area contributed by atoms with Gasteiger partial charge in [-0.25, -0.2) is 35.1 Å². The lowest BCUT2D eigenvalue weighted by Gasteiger charge is -2.19. The fourth-order valence-electron chi connectivity index (χ4n) is 4.98. The lowest BCUT2D eigenvalue weighted by Crippen LogP contribution is -2.18. The molecule has 0 N–H and O–H groups in total. The Balaban J connectivity index is 0.000000360. The van der Waals surface area contributed by atoms with Crippen molar-refractivity contribution < 1.29 is 35.1 Å². The molecule has 0 amide bonds. The second-order valence-electron chi connectivity index (χ2n) is 11.1. The van der Waals surface area contributed by atoms with Crippen molar-refractivity contribution in [1.82, 2.24) is 0 Å². The molecule has 2 saturated carbocycles. The molecule has 0 aromatic rings. The summed E-state index contributed by atoms with van der Waals surface area (Å²) in [5.74, 6) is -10.6. The normalized spacial score (nSPS) is 27.3. The topological polar surface area (TPSA) is 0 Å². The molecule has 0 nitrogen and oxygen atoms in total. The van der Waals surface area contributed by atoms with Crippen LogP contribution in [-0.4, -0.2) is 23.7 Å². The molecule has 0 atom stereocenters. The first-order chi connectivity index (χ1) is 16.8. The highest BCUT2D eigenvalue weighted by atomic mass is 19.3. The van der Waals surface area contributed by atoms with Crippen molar-refractivity contribution in [1.29, 1.82) is 0 Å². The molecule has 0 radical (unpaired) electrons. The minimum Gasteiger partial charge on any atom is -0.207 e. The fourth-order valence-corrected chi connectivity index (χ4v) is 4.98. The van der Waals surface area contributed by atoms with Crippen molar-refractivity contribution >= 4 is 0 Å². The molecule has 2 fully saturated rings. The van der Waals surface area contributed by atoms with Crippen LogP contribution in [0, 0.1) is 0 Å². The van der Waals surface area contributed by atoms with Gasteiger partial charge >= 0.3 is 0 Å². The molecular weight excluding hydrogens is 488 g/mol. The summed E-state index contributed by atoms with van der Waals surface area (Å²) in [4.78, 5) is 0. The van der Waals surface area contributed by atoms with Crippen LogP contribution in [0.5, 0.6) is 0 Å². The quantitative estimate of drug-likeness (QED) is 0.270. The predicted octanol–water partition coefficient (Wildman–Crippen LogP) is 11.9. The summed E-state index contributed by atoms with van der Waals surface area (Å²) < 4.78 is 107. The molecule has 0 spiro atoms. The van der Waals surface area contributed by atoms with E-state index in [-0.39, 0.29) is 77.0 Å². The van der Waals surface area contributed by atoms with Crippen molar-refractivity contribution in [2.24, 2.45) is 0 Å². The molecule has 36 heavy (non-hydrogen) atoms. The number of halogens is 8. The van der Waals surface area contributed by atoms with E-state index in [0.29, 0.717) is 25.7 Å². The Morgan fingerprint density at radius 2 is 0.306 bits per heavy atom. The summed E-state index contributed by atoms with van der Waals surface area (Å²) >= 11 is 0. The van der Waals surface area contributed by atoms with E-state index >= 15 is 0 Å². The SMILES string of the molecule is FC1(F)CCCCCCCCC(F)(F)CCCC1.FC1(F)CCCCCCCCC(F)(F)CCCC1. The number of hydrogen-bond donors (Lipinski definition) is 0. The Morgan fingerprint density at radius 1 is 0.194 bits per heavy atom. The highest BCUT2D eigenvalue weighted by Gasteiger charge is 2.32. The standard InChI is InChI=1S/2C14H24F4/c2*15-13(16)9-5-3-1-2-4-6-10-14(17,18)12-8-7-11-13/h2*1-12H2.